The molecule has 140 valence electrons. The topological polar surface area (TPSA) is 72.0 Å². The number of ketones is 1. The summed E-state index contributed by atoms with van der Waals surface area (Å²) in [6.07, 6.45) is 2.47. The molecule has 2 aromatic carbocycles. The molecule has 7 heteroatoms. The van der Waals surface area contributed by atoms with E-state index in [2.05, 4.69) is 15.3 Å². The third-order valence-corrected chi connectivity index (χ3v) is 5.18. The Morgan fingerprint density at radius 2 is 1.82 bits per heavy atom. The third kappa shape index (κ3) is 3.91. The van der Waals surface area contributed by atoms with Crippen molar-refractivity contribution in [2.45, 2.75) is 18.8 Å². The van der Waals surface area contributed by atoms with Gasteiger partial charge in [-0.2, -0.15) is 0 Å². The van der Waals surface area contributed by atoms with Crippen molar-refractivity contribution in [1.82, 2.24) is 9.97 Å². The van der Waals surface area contributed by atoms with Crippen LogP contribution >= 0.6 is 23.2 Å². The van der Waals surface area contributed by atoms with Gasteiger partial charge in [0.05, 0.1) is 11.3 Å². The highest BCUT2D eigenvalue weighted by Crippen LogP contribution is 2.32. The molecule has 0 bridgehead atoms. The second kappa shape index (κ2) is 7.70. The maximum absolute atomic E-state index is 12.5. The van der Waals surface area contributed by atoms with Gasteiger partial charge in [0.2, 0.25) is 5.95 Å². The SMILES string of the molecule is O=C(Nc1ncc2c(n1)C[C@@H](c1ccc(Cl)cc1)CC2=O)c1cccc(Cl)c1. The van der Waals surface area contributed by atoms with Gasteiger partial charge in [-0.05, 0) is 48.2 Å². The van der Waals surface area contributed by atoms with Gasteiger partial charge in [0.25, 0.3) is 5.91 Å². The second-order valence-corrected chi connectivity index (χ2v) is 7.47. The smallest absolute Gasteiger partial charge is 0.258 e. The molecular formula is C21H15Cl2N3O2. The lowest BCUT2D eigenvalue weighted by molar-refractivity contribution is 0.0962. The van der Waals surface area contributed by atoms with E-state index in [9.17, 15) is 9.59 Å². The van der Waals surface area contributed by atoms with Gasteiger partial charge in [-0.25, -0.2) is 9.97 Å². The first-order chi connectivity index (χ1) is 13.5. The number of halogens is 2. The van der Waals surface area contributed by atoms with Crippen LogP contribution in [0.1, 0.15) is 44.3 Å². The molecule has 0 aliphatic heterocycles. The number of anilines is 1. The Labute approximate surface area is 171 Å². The summed E-state index contributed by atoms with van der Waals surface area (Å²) in [6.45, 7) is 0. The van der Waals surface area contributed by atoms with Gasteiger partial charge in [-0.15, -0.1) is 0 Å². The van der Waals surface area contributed by atoms with Crippen molar-refractivity contribution >= 4 is 40.8 Å². The van der Waals surface area contributed by atoms with E-state index in [0.717, 1.165) is 5.56 Å². The first kappa shape index (κ1) is 18.6. The highest BCUT2D eigenvalue weighted by atomic mass is 35.5. The van der Waals surface area contributed by atoms with Crippen molar-refractivity contribution in [2.75, 3.05) is 5.32 Å². The van der Waals surface area contributed by atoms with Crippen LogP contribution in [0.2, 0.25) is 10.0 Å². The lowest BCUT2D eigenvalue weighted by Gasteiger charge is -2.23. The lowest BCUT2D eigenvalue weighted by atomic mass is 9.82. The van der Waals surface area contributed by atoms with Crippen LogP contribution in [0.4, 0.5) is 5.95 Å². The van der Waals surface area contributed by atoms with Crippen LogP contribution < -0.4 is 5.32 Å². The number of benzene rings is 2. The molecule has 1 N–H and O–H groups in total. The summed E-state index contributed by atoms with van der Waals surface area (Å²) in [4.78, 5) is 33.5. The quantitative estimate of drug-likeness (QED) is 0.661. The summed E-state index contributed by atoms with van der Waals surface area (Å²) in [7, 11) is 0. The van der Waals surface area contributed by atoms with Crippen molar-refractivity contribution in [2.24, 2.45) is 0 Å². The molecule has 0 unspecified atom stereocenters. The number of amides is 1. The molecule has 1 heterocycles. The number of nitrogens with zero attached hydrogens (tertiary/aromatic N) is 2. The summed E-state index contributed by atoms with van der Waals surface area (Å²) >= 11 is 11.9. The van der Waals surface area contributed by atoms with Crippen LogP contribution in [0.15, 0.2) is 54.7 Å². The molecule has 3 aromatic rings. The molecule has 5 nitrogen and oxygen atoms in total. The summed E-state index contributed by atoms with van der Waals surface area (Å²) in [5.74, 6) is -0.190. The van der Waals surface area contributed by atoms with Gasteiger partial charge in [-0.1, -0.05) is 41.4 Å². The van der Waals surface area contributed by atoms with E-state index in [1.54, 1.807) is 24.3 Å². The molecule has 0 saturated heterocycles. The highest BCUT2D eigenvalue weighted by molar-refractivity contribution is 6.31. The standard InChI is InChI=1S/C21H15Cl2N3O2/c22-15-6-4-12(5-7-15)14-9-18-17(19(27)10-14)11-24-21(25-18)26-20(28)13-2-1-3-16(23)8-13/h1-8,11,14H,9-10H2,(H,24,25,26,28)/t14-/m1/s1. The lowest BCUT2D eigenvalue weighted by Crippen LogP contribution is -2.22. The molecule has 4 rings (SSSR count). The minimum Gasteiger partial charge on any atom is -0.294 e. The number of Topliss-reactive ketones (excluding diaryl/α,β-unsaturated/α-hetero) is 1. The average molecular weight is 412 g/mol. The van der Waals surface area contributed by atoms with E-state index in [1.807, 2.05) is 24.3 Å². The van der Waals surface area contributed by atoms with Crippen molar-refractivity contribution in [3.63, 3.8) is 0 Å². The number of carbonyl (C=O) groups excluding carboxylic acids is 2. The Morgan fingerprint density at radius 3 is 2.57 bits per heavy atom. The third-order valence-electron chi connectivity index (χ3n) is 4.69. The van der Waals surface area contributed by atoms with Crippen LogP contribution in [0.5, 0.6) is 0 Å². The number of nitrogens with one attached hydrogen (secondary N) is 1. The second-order valence-electron chi connectivity index (χ2n) is 6.60. The number of hydrogen-bond acceptors (Lipinski definition) is 4. The zero-order valence-corrected chi connectivity index (χ0v) is 16.2. The number of fused-ring (bicyclic) bond motifs is 1. The summed E-state index contributed by atoms with van der Waals surface area (Å²) < 4.78 is 0. The Hall–Kier alpha value is -2.76. The zero-order valence-electron chi connectivity index (χ0n) is 14.7. The van der Waals surface area contributed by atoms with Gasteiger partial charge in [0, 0.05) is 28.2 Å². The fraction of sp³-hybridized carbons (Fsp3) is 0.143. The molecule has 0 radical (unpaired) electrons. The predicted molar refractivity (Wildman–Crippen MR) is 108 cm³/mol. The normalized spacial score (nSPS) is 15.8. The van der Waals surface area contributed by atoms with Crippen LogP contribution in [-0.2, 0) is 6.42 Å². The molecule has 1 aromatic heterocycles. The van der Waals surface area contributed by atoms with Crippen LogP contribution in [0, 0.1) is 0 Å². The Bertz CT molecular complexity index is 1070. The number of carbonyl (C=O) groups is 2. The number of aromatic nitrogens is 2. The zero-order chi connectivity index (χ0) is 19.7. The summed E-state index contributed by atoms with van der Waals surface area (Å²) in [5.41, 5.74) is 2.58. The van der Waals surface area contributed by atoms with Crippen LogP contribution in [0.25, 0.3) is 0 Å². The maximum atomic E-state index is 12.5. The van der Waals surface area contributed by atoms with E-state index in [1.165, 1.54) is 6.20 Å². The van der Waals surface area contributed by atoms with Gasteiger partial charge >= 0.3 is 0 Å². The molecule has 0 saturated carbocycles. The van der Waals surface area contributed by atoms with Crippen molar-refractivity contribution in [1.29, 1.82) is 0 Å². The van der Waals surface area contributed by atoms with Gasteiger partial charge in [0.15, 0.2) is 5.78 Å². The van der Waals surface area contributed by atoms with Crippen LogP contribution in [-0.4, -0.2) is 21.7 Å². The van der Waals surface area contributed by atoms with E-state index in [0.29, 0.717) is 39.7 Å². The molecule has 0 spiro atoms. The van der Waals surface area contributed by atoms with Crippen molar-refractivity contribution < 1.29 is 9.59 Å². The molecule has 1 aliphatic carbocycles. The highest BCUT2D eigenvalue weighted by Gasteiger charge is 2.28. The average Bonchev–Trinajstić information content (AvgIpc) is 2.68. The minimum atomic E-state index is -0.362. The molecule has 0 fully saturated rings. The van der Waals surface area contributed by atoms with E-state index < -0.39 is 0 Å². The number of hydrogen-bond donors (Lipinski definition) is 1. The monoisotopic (exact) mass is 411 g/mol. The maximum Gasteiger partial charge on any atom is 0.258 e. The molecule has 1 aliphatic rings. The molecule has 1 atom stereocenters. The Morgan fingerprint density at radius 1 is 1.04 bits per heavy atom. The van der Waals surface area contributed by atoms with Crippen molar-refractivity contribution in [3.05, 3.63) is 87.2 Å². The molecule has 28 heavy (non-hydrogen) atoms. The van der Waals surface area contributed by atoms with E-state index >= 15 is 0 Å². The minimum absolute atomic E-state index is 0.00563. The molecule has 1 amide bonds. The van der Waals surface area contributed by atoms with Gasteiger partial charge < -0.3 is 0 Å². The first-order valence-corrected chi connectivity index (χ1v) is 9.46. The number of rotatable bonds is 3. The Balaban J connectivity index is 1.57. The van der Waals surface area contributed by atoms with Crippen LogP contribution in [0.3, 0.4) is 0 Å². The Kier molecular flexibility index (Phi) is 5.11. The van der Waals surface area contributed by atoms with E-state index in [-0.39, 0.29) is 23.6 Å². The summed E-state index contributed by atoms with van der Waals surface area (Å²) in [6, 6.07) is 14.1. The summed E-state index contributed by atoms with van der Waals surface area (Å²) in [5, 5.41) is 3.78. The first-order valence-electron chi connectivity index (χ1n) is 8.71. The largest absolute Gasteiger partial charge is 0.294 e. The fourth-order valence-corrected chi connectivity index (χ4v) is 3.60. The van der Waals surface area contributed by atoms with Gasteiger partial charge in [0.1, 0.15) is 0 Å². The predicted octanol–water partition coefficient (Wildman–Crippen LogP) is 4.95. The fourth-order valence-electron chi connectivity index (χ4n) is 3.28. The molecular weight excluding hydrogens is 397 g/mol. The van der Waals surface area contributed by atoms with E-state index in [4.69, 9.17) is 23.2 Å². The van der Waals surface area contributed by atoms with Gasteiger partial charge in [-0.3, -0.25) is 14.9 Å². The van der Waals surface area contributed by atoms with Crippen molar-refractivity contribution in [3.8, 4) is 0 Å².